The number of nitrogens with zero attached hydrogens (tertiary/aromatic N) is 10. The molecule has 8 heterocycles. The first-order valence-corrected chi connectivity index (χ1v) is 27.5. The van der Waals surface area contributed by atoms with Crippen LogP contribution in [0.4, 0.5) is 0 Å². The highest BCUT2D eigenvalue weighted by Gasteiger charge is 2.28. The van der Waals surface area contributed by atoms with Crippen LogP contribution in [-0.2, 0) is 41.6 Å². The zero-order valence-electron chi connectivity index (χ0n) is 48.1. The van der Waals surface area contributed by atoms with Crippen molar-refractivity contribution in [3.05, 3.63) is 141 Å². The first-order chi connectivity index (χ1) is 40.8. The number of imidazole rings is 2. The Labute approximate surface area is 481 Å². The average Bonchev–Trinajstić information content (AvgIpc) is 1.94. The molecule has 0 saturated carbocycles. The molecule has 2 N–H and O–H groups in total. The number of hydrogen-bond acceptors (Lipinski definition) is 18. The lowest BCUT2D eigenvalue weighted by atomic mass is 10.00. The van der Waals surface area contributed by atoms with Crippen LogP contribution in [0.15, 0.2) is 104 Å². The minimum Gasteiger partial charge on any atom is -0.496 e. The smallest absolute Gasteiger partial charge is 0.330 e. The normalized spacial score (nSPS) is 12.4. The summed E-state index contributed by atoms with van der Waals surface area (Å²) >= 11 is 0. The molecule has 84 heavy (non-hydrogen) atoms. The summed E-state index contributed by atoms with van der Waals surface area (Å²) in [5.41, 5.74) is 8.44. The summed E-state index contributed by atoms with van der Waals surface area (Å²) in [6.07, 6.45) is 6.58. The Morgan fingerprint density at radius 1 is 0.548 bits per heavy atom. The van der Waals surface area contributed by atoms with Crippen LogP contribution in [0.5, 0.6) is 11.5 Å². The van der Waals surface area contributed by atoms with Crippen molar-refractivity contribution in [2.45, 2.75) is 66.7 Å². The van der Waals surface area contributed by atoms with Gasteiger partial charge in [0.2, 0.25) is 11.8 Å². The van der Waals surface area contributed by atoms with Crippen molar-refractivity contribution < 1.29 is 47.1 Å². The Morgan fingerprint density at radius 3 is 1.29 bits per heavy atom. The molecule has 0 bridgehead atoms. The lowest BCUT2D eigenvalue weighted by Crippen LogP contribution is -2.35. The molecular formula is C60H66N12O12. The second-order valence-corrected chi connectivity index (χ2v) is 20.0. The maximum Gasteiger partial charge on any atom is 0.330 e. The van der Waals surface area contributed by atoms with Crippen molar-refractivity contribution in [1.29, 1.82) is 0 Å². The van der Waals surface area contributed by atoms with Crippen LogP contribution in [0.25, 0.3) is 66.1 Å². The first kappa shape index (κ1) is 58.1. The lowest BCUT2D eigenvalue weighted by Gasteiger charge is -2.15. The summed E-state index contributed by atoms with van der Waals surface area (Å²) in [4.78, 5) is 74.1. The minimum atomic E-state index is -0.491. The van der Waals surface area contributed by atoms with Crippen molar-refractivity contribution in [3.8, 4) is 33.8 Å². The van der Waals surface area contributed by atoms with Gasteiger partial charge in [-0.1, -0.05) is 22.4 Å². The van der Waals surface area contributed by atoms with E-state index in [4.69, 9.17) is 47.4 Å². The number of hydrogen-bond donors (Lipinski definition) is 2. The molecule has 0 aliphatic heterocycles. The molecule has 0 fully saturated rings. The number of ether oxygens (including phenoxy) is 6. The fourth-order valence-electron chi connectivity index (χ4n) is 10.6. The zero-order valence-corrected chi connectivity index (χ0v) is 48.1. The molecule has 2 amide bonds. The van der Waals surface area contributed by atoms with Crippen molar-refractivity contribution in [2.24, 2.45) is 0 Å². The van der Waals surface area contributed by atoms with E-state index in [2.05, 4.69) is 30.9 Å². The van der Waals surface area contributed by atoms with Crippen LogP contribution >= 0.6 is 0 Å². The average molecular weight is 1150 g/mol. The third kappa shape index (κ3) is 11.9. The molecule has 10 rings (SSSR count). The maximum atomic E-state index is 14.4. The first-order valence-electron chi connectivity index (χ1n) is 27.5. The summed E-state index contributed by atoms with van der Waals surface area (Å²) in [5, 5.41) is 15.3. The summed E-state index contributed by atoms with van der Waals surface area (Å²) < 4.78 is 51.5. The van der Waals surface area contributed by atoms with Gasteiger partial charge in [-0.2, -0.15) is 0 Å². The van der Waals surface area contributed by atoms with E-state index < -0.39 is 23.5 Å². The third-order valence-electron chi connectivity index (χ3n) is 14.7. The van der Waals surface area contributed by atoms with Gasteiger partial charge in [-0.15, -0.1) is 0 Å². The molecule has 0 saturated heterocycles. The van der Waals surface area contributed by atoms with Gasteiger partial charge in [0.1, 0.15) is 36.1 Å². The fraction of sp³-hybridized carbons (Fsp3) is 0.367. The molecule has 24 heteroatoms. The number of aromatic nitrogens is 10. The topological polar surface area (TPSA) is 271 Å². The lowest BCUT2D eigenvalue weighted by molar-refractivity contribution is -0.122. The molecule has 0 aliphatic carbocycles. The SMILES string of the molecule is COc1cc2c(cc1-c1c(C)noc1C)ncc1c2n([C@H](C)c2ccccn2)c(=O)n1CC(=O)NCCOCCOCCOCCOCCNC(=O)Cn1c(=O)n([C@H](C)c2ccccn2)c2c3cc(OC)c(-c4c(C)noc4C)cc3ncc21. The molecule has 2 atom stereocenters. The van der Waals surface area contributed by atoms with E-state index in [1.54, 1.807) is 48.1 Å². The molecule has 438 valence electrons. The van der Waals surface area contributed by atoms with Gasteiger partial charge >= 0.3 is 11.4 Å². The van der Waals surface area contributed by atoms with Crippen LogP contribution in [0.3, 0.4) is 0 Å². The number of fused-ring (bicyclic) bond motifs is 6. The van der Waals surface area contributed by atoms with Crippen LogP contribution in [0.1, 0.15) is 60.2 Å². The molecule has 0 spiro atoms. The number of nitrogens with one attached hydrogen (secondary N) is 2. The Bertz CT molecular complexity index is 3810. The van der Waals surface area contributed by atoms with Gasteiger partial charge < -0.3 is 48.1 Å². The monoisotopic (exact) mass is 1150 g/mol. The van der Waals surface area contributed by atoms with Crippen molar-refractivity contribution in [1.82, 2.24) is 59.2 Å². The van der Waals surface area contributed by atoms with E-state index >= 15 is 0 Å². The van der Waals surface area contributed by atoms with Gasteiger partial charge in [0, 0.05) is 47.4 Å². The van der Waals surface area contributed by atoms with E-state index in [1.165, 1.54) is 9.13 Å². The van der Waals surface area contributed by atoms with E-state index in [0.29, 0.717) is 129 Å². The third-order valence-corrected chi connectivity index (χ3v) is 14.7. The Kier molecular flexibility index (Phi) is 18.0. The van der Waals surface area contributed by atoms with E-state index in [1.807, 2.05) is 102 Å². The van der Waals surface area contributed by atoms with Crippen LogP contribution < -0.4 is 31.5 Å². The summed E-state index contributed by atoms with van der Waals surface area (Å²) in [6.45, 7) is 13.4. The number of amides is 2. The summed E-state index contributed by atoms with van der Waals surface area (Å²) in [5.74, 6) is 1.61. The van der Waals surface area contributed by atoms with Crippen LogP contribution in [0.2, 0.25) is 0 Å². The Hall–Kier alpha value is -9.10. The second-order valence-electron chi connectivity index (χ2n) is 20.0. The zero-order chi connectivity index (χ0) is 59.0. The van der Waals surface area contributed by atoms with Gasteiger partial charge in [-0.25, -0.2) is 9.59 Å². The molecule has 2 aromatic carbocycles. The van der Waals surface area contributed by atoms with Gasteiger partial charge in [0.25, 0.3) is 0 Å². The Balaban J connectivity index is 0.652. The molecule has 0 unspecified atom stereocenters. The number of aryl methyl sites for hydroxylation is 4. The van der Waals surface area contributed by atoms with Crippen molar-refractivity contribution in [3.63, 3.8) is 0 Å². The number of pyridine rings is 4. The quantitative estimate of drug-likeness (QED) is 0.0514. The predicted molar refractivity (Wildman–Crippen MR) is 311 cm³/mol. The van der Waals surface area contributed by atoms with Crippen molar-refractivity contribution >= 4 is 55.7 Å². The number of benzene rings is 2. The standard InChI is InChI=1S/C60H66N12O12/c1-35-55(39(5)83-67-35)43-27-47-41(29-51(43)77-7)57-49(31-65-47)69(59(75)71(57)37(3)45-13-9-11-15-61-45)33-53(73)63-17-19-79-21-23-81-25-26-82-24-22-80-20-18-64-54(74)34-70-50-32-66-48-28-44(56-36(2)68-84-40(56)6)52(78-8)30-42(48)58(50)72(60(70)76)38(4)46-14-10-12-16-62-46/h9-16,27-32,37-38H,17-26,33-34H2,1-8H3,(H,63,73)(H,64,74)/t37-,38-/m1/s1. The molecule has 0 aliphatic rings. The molecule has 0 radical (unpaired) electrons. The van der Waals surface area contributed by atoms with E-state index in [-0.39, 0.29) is 51.2 Å². The molecule has 24 nitrogen and oxygen atoms in total. The van der Waals surface area contributed by atoms with Gasteiger partial charge in [-0.3, -0.25) is 47.8 Å². The second kappa shape index (κ2) is 26.0. The number of carbonyl (C=O) groups excluding carboxylic acids is 2. The van der Waals surface area contributed by atoms with Crippen molar-refractivity contribution in [2.75, 3.05) is 80.2 Å². The van der Waals surface area contributed by atoms with Gasteiger partial charge in [-0.05, 0) is 90.1 Å². The number of methoxy groups -OCH3 is 2. The highest BCUT2D eigenvalue weighted by atomic mass is 16.6. The molecule has 8 aromatic heterocycles. The summed E-state index contributed by atoms with van der Waals surface area (Å²) in [7, 11) is 3.16. The molecular weight excluding hydrogens is 1080 g/mol. The largest absolute Gasteiger partial charge is 0.496 e. The fourth-order valence-corrected chi connectivity index (χ4v) is 10.6. The van der Waals surface area contributed by atoms with Crippen LogP contribution in [-0.4, -0.2) is 140 Å². The number of rotatable bonds is 27. The van der Waals surface area contributed by atoms with Crippen LogP contribution in [0, 0.1) is 27.7 Å². The summed E-state index contributed by atoms with van der Waals surface area (Å²) in [6, 6.07) is 17.6. The van der Waals surface area contributed by atoms with Gasteiger partial charge in [0.15, 0.2) is 0 Å². The minimum absolute atomic E-state index is 0.212. The molecule has 10 aromatic rings. The maximum absolute atomic E-state index is 14.4. The predicted octanol–water partition coefficient (Wildman–Crippen LogP) is 6.58. The van der Waals surface area contributed by atoms with E-state index in [9.17, 15) is 19.2 Å². The Morgan fingerprint density at radius 2 is 0.940 bits per heavy atom. The highest BCUT2D eigenvalue weighted by molar-refractivity contribution is 6.06. The van der Waals surface area contributed by atoms with E-state index in [0.717, 1.165) is 22.3 Å². The number of carbonyl (C=O) groups is 2. The van der Waals surface area contributed by atoms with Gasteiger partial charge in [0.05, 0.1) is 159 Å². The highest BCUT2D eigenvalue weighted by Crippen LogP contribution is 2.41.